The molecule has 208 valence electrons. The molecule has 7 rings (SSSR count). The van der Waals surface area contributed by atoms with Gasteiger partial charge in [-0.25, -0.2) is 0 Å². The van der Waals surface area contributed by atoms with Gasteiger partial charge < -0.3 is 5.11 Å². The van der Waals surface area contributed by atoms with Crippen molar-refractivity contribution in [2.24, 2.45) is 0 Å². The summed E-state index contributed by atoms with van der Waals surface area (Å²) >= 11 is 1.77. The number of pyridine rings is 2. The molecule has 0 aliphatic rings. The first-order valence-corrected chi connectivity index (χ1v) is 14.5. The number of hydrogen-bond donors (Lipinski definition) is 1. The molecule has 0 aliphatic carbocycles. The van der Waals surface area contributed by atoms with Gasteiger partial charge in [0.05, 0.1) is 5.69 Å². The minimum Gasteiger partial charge on any atom is -0.507 e. The first-order chi connectivity index (χ1) is 20.0. The minimum atomic E-state index is 0. The molecule has 0 amide bonds. The molecule has 5 heteroatoms. The Morgan fingerprint density at radius 2 is 1.43 bits per heavy atom. The number of nitrogens with zero attached hydrogens (tertiary/aromatic N) is 2. The Hall–Kier alpha value is -4.11. The van der Waals surface area contributed by atoms with E-state index in [9.17, 15) is 5.11 Å². The third kappa shape index (κ3) is 4.96. The van der Waals surface area contributed by atoms with Gasteiger partial charge in [0.25, 0.3) is 0 Å². The van der Waals surface area contributed by atoms with Crippen molar-refractivity contribution in [2.75, 3.05) is 0 Å². The maximum atomic E-state index is 10.8. The van der Waals surface area contributed by atoms with Crippen LogP contribution in [0.2, 0.25) is 0 Å². The fourth-order valence-corrected chi connectivity index (χ4v) is 7.06. The summed E-state index contributed by atoms with van der Waals surface area (Å²) in [5.74, 6) is 0.206. The van der Waals surface area contributed by atoms with Crippen LogP contribution < -0.4 is 0 Å². The number of thiophene rings is 1. The van der Waals surface area contributed by atoms with E-state index in [1.165, 1.54) is 37.7 Å². The molecule has 0 spiro atoms. The van der Waals surface area contributed by atoms with E-state index < -0.39 is 0 Å². The van der Waals surface area contributed by atoms with Gasteiger partial charge in [-0.1, -0.05) is 82.7 Å². The molecule has 0 aliphatic heterocycles. The predicted octanol–water partition coefficient (Wildman–Crippen LogP) is 9.94. The molecule has 7 aromatic rings. The average Bonchev–Trinajstić information content (AvgIpc) is 3.35. The van der Waals surface area contributed by atoms with Crippen LogP contribution in [0.3, 0.4) is 0 Å². The van der Waals surface area contributed by atoms with Crippen LogP contribution in [-0.4, -0.2) is 15.1 Å². The number of hydrogen-bond acceptors (Lipinski definition) is 4. The summed E-state index contributed by atoms with van der Waals surface area (Å²) in [6.07, 6.45) is 1.83. The molecule has 1 N–H and O–H groups in total. The van der Waals surface area contributed by atoms with Crippen molar-refractivity contribution in [3.05, 3.63) is 126 Å². The van der Waals surface area contributed by atoms with Crippen molar-refractivity contribution in [1.29, 1.82) is 0 Å². The number of rotatable bonds is 4. The van der Waals surface area contributed by atoms with Crippen LogP contribution >= 0.6 is 11.3 Å². The second kappa shape index (κ2) is 11.3. The SMILES string of the molecule is Cc1cc(C)c(-c2cc(-c3[c-]c(-c4ccccn4)c4sc5ccccc5c4c3)nc(-c3ccccc3O)c2)c(C)c1.[Pt]. The zero-order chi connectivity index (χ0) is 28.1. The van der Waals surface area contributed by atoms with Crippen molar-refractivity contribution in [1.82, 2.24) is 9.97 Å². The van der Waals surface area contributed by atoms with E-state index in [0.717, 1.165) is 38.5 Å². The summed E-state index contributed by atoms with van der Waals surface area (Å²) in [5.41, 5.74) is 10.9. The fraction of sp³-hybridized carbons (Fsp3) is 0.0811. The first-order valence-electron chi connectivity index (χ1n) is 13.6. The van der Waals surface area contributed by atoms with Crippen LogP contribution in [0.15, 0.2) is 103 Å². The number of phenolic OH excluding ortho intramolecular Hbond substituents is 1. The monoisotopic (exact) mass is 742 g/mol. The Morgan fingerprint density at radius 1 is 0.714 bits per heavy atom. The summed E-state index contributed by atoms with van der Waals surface area (Å²) in [6.45, 7) is 6.44. The van der Waals surface area contributed by atoms with Crippen LogP contribution in [0, 0.1) is 26.8 Å². The molecule has 4 aromatic carbocycles. The normalized spacial score (nSPS) is 11.1. The van der Waals surface area contributed by atoms with Gasteiger partial charge >= 0.3 is 0 Å². The predicted molar refractivity (Wildman–Crippen MR) is 171 cm³/mol. The Labute approximate surface area is 263 Å². The van der Waals surface area contributed by atoms with Gasteiger partial charge in [0.2, 0.25) is 0 Å². The molecule has 0 saturated carbocycles. The van der Waals surface area contributed by atoms with Crippen molar-refractivity contribution in [3.63, 3.8) is 0 Å². The first kappa shape index (κ1) is 28.0. The van der Waals surface area contributed by atoms with Crippen LogP contribution in [0.4, 0.5) is 0 Å². The van der Waals surface area contributed by atoms with E-state index >= 15 is 0 Å². The number of benzene rings is 4. The fourth-order valence-electron chi connectivity index (χ4n) is 5.87. The largest absolute Gasteiger partial charge is 0.507 e. The summed E-state index contributed by atoms with van der Waals surface area (Å²) in [4.78, 5) is 9.83. The van der Waals surface area contributed by atoms with E-state index in [1.807, 2.05) is 42.6 Å². The second-order valence-electron chi connectivity index (χ2n) is 10.5. The third-order valence-electron chi connectivity index (χ3n) is 7.58. The molecule has 0 atom stereocenters. The van der Waals surface area contributed by atoms with Crippen LogP contribution in [0.25, 0.3) is 65.1 Å². The number of fused-ring (bicyclic) bond motifs is 3. The molecule has 0 bridgehead atoms. The standard InChI is InChI=1S/C37H27N2OS.Pt/c1-22-16-23(2)36(24(3)17-22)26-20-32(39-33(21-26)28-11-4-6-13-34(28)40)25-18-29-27-10-5-7-14-35(27)41-37(29)30(19-25)31-12-8-9-15-38-31;/h4-18,20-21,40H,1-3H3;/q-1;. The molecular weight excluding hydrogens is 716 g/mol. The Bertz CT molecular complexity index is 2080. The van der Waals surface area contributed by atoms with Gasteiger partial charge in [0.1, 0.15) is 5.75 Å². The third-order valence-corrected chi connectivity index (χ3v) is 8.78. The molecule has 0 radical (unpaired) electrons. The summed E-state index contributed by atoms with van der Waals surface area (Å²) in [7, 11) is 0. The number of phenols is 1. The molecule has 3 nitrogen and oxygen atoms in total. The topological polar surface area (TPSA) is 46.0 Å². The zero-order valence-corrected chi connectivity index (χ0v) is 26.5. The maximum absolute atomic E-state index is 10.8. The summed E-state index contributed by atoms with van der Waals surface area (Å²) < 4.78 is 2.39. The number of aromatic nitrogens is 2. The van der Waals surface area contributed by atoms with Crippen LogP contribution in [0.5, 0.6) is 5.75 Å². The molecule has 0 fully saturated rings. The minimum absolute atomic E-state index is 0. The molecule has 42 heavy (non-hydrogen) atoms. The zero-order valence-electron chi connectivity index (χ0n) is 23.4. The van der Waals surface area contributed by atoms with Crippen molar-refractivity contribution >= 4 is 31.5 Å². The molecule has 3 heterocycles. The number of aryl methyl sites for hydroxylation is 3. The Balaban J connectivity index is 0.00000316. The quantitative estimate of drug-likeness (QED) is 0.183. The Morgan fingerprint density at radius 3 is 2.19 bits per heavy atom. The van der Waals surface area contributed by atoms with Crippen LogP contribution in [-0.2, 0) is 21.1 Å². The maximum Gasteiger partial charge on any atom is 0.124 e. The number of aromatic hydroxyl groups is 1. The van der Waals surface area contributed by atoms with Gasteiger partial charge in [-0.2, -0.15) is 11.3 Å². The van der Waals surface area contributed by atoms with Crippen molar-refractivity contribution < 1.29 is 26.2 Å². The van der Waals surface area contributed by atoms with Crippen LogP contribution in [0.1, 0.15) is 16.7 Å². The Kier molecular flexibility index (Phi) is 7.53. The smallest absolute Gasteiger partial charge is 0.124 e. The van der Waals surface area contributed by atoms with Gasteiger partial charge in [-0.3, -0.25) is 9.97 Å². The number of para-hydroxylation sites is 1. The van der Waals surface area contributed by atoms with Gasteiger partial charge in [0.15, 0.2) is 0 Å². The van der Waals surface area contributed by atoms with Crippen molar-refractivity contribution in [3.8, 4) is 50.6 Å². The van der Waals surface area contributed by atoms with Gasteiger partial charge in [-0.05, 0) is 83.4 Å². The van der Waals surface area contributed by atoms with E-state index in [0.29, 0.717) is 5.56 Å². The average molecular weight is 743 g/mol. The van der Waals surface area contributed by atoms with E-state index in [4.69, 9.17) is 9.97 Å². The molecule has 0 saturated heterocycles. The van der Waals surface area contributed by atoms with E-state index in [-0.39, 0.29) is 26.8 Å². The summed E-state index contributed by atoms with van der Waals surface area (Å²) in [5, 5.41) is 13.2. The molecular formula is C37H27N2OPtS-. The molecule has 0 unspecified atom stereocenters. The summed E-state index contributed by atoms with van der Waals surface area (Å²) in [6, 6.07) is 36.5. The van der Waals surface area contributed by atoms with E-state index in [1.54, 1.807) is 17.4 Å². The van der Waals surface area contributed by atoms with E-state index in [2.05, 4.69) is 81.4 Å². The second-order valence-corrected chi connectivity index (χ2v) is 11.6. The van der Waals surface area contributed by atoms with Gasteiger partial charge in [0, 0.05) is 48.9 Å². The van der Waals surface area contributed by atoms with Gasteiger partial charge in [-0.15, -0.1) is 12.1 Å². The molecule has 3 aromatic heterocycles. The van der Waals surface area contributed by atoms with Crippen molar-refractivity contribution in [2.45, 2.75) is 20.8 Å².